The number of benzene rings is 3. The number of halogens is 2. The first-order valence-corrected chi connectivity index (χ1v) is 12.9. The number of carbonyl (C=O) groups excluding carboxylic acids is 3. The van der Waals surface area contributed by atoms with E-state index in [0.717, 1.165) is 18.4 Å². The van der Waals surface area contributed by atoms with Gasteiger partial charge in [-0.25, -0.2) is 13.6 Å². The average Bonchev–Trinajstić information content (AvgIpc) is 3.80. The van der Waals surface area contributed by atoms with Gasteiger partial charge in [-0.05, 0) is 60.9 Å². The van der Waals surface area contributed by atoms with Gasteiger partial charge in [0.15, 0.2) is 0 Å². The van der Waals surface area contributed by atoms with Crippen LogP contribution in [-0.2, 0) is 11.3 Å². The number of nitrogens with one attached hydrogen (secondary N) is 3. The molecule has 0 radical (unpaired) electrons. The predicted molar refractivity (Wildman–Crippen MR) is 145 cm³/mol. The Morgan fingerprint density at radius 2 is 1.56 bits per heavy atom. The Kier molecular flexibility index (Phi) is 7.72. The molecule has 1 heterocycles. The van der Waals surface area contributed by atoms with Crippen molar-refractivity contribution < 1.29 is 23.2 Å². The summed E-state index contributed by atoms with van der Waals surface area (Å²) in [6, 6.07) is 16.7. The van der Waals surface area contributed by atoms with E-state index in [1.54, 1.807) is 47.4 Å². The second-order valence-corrected chi connectivity index (χ2v) is 9.69. The molecule has 1 aliphatic carbocycles. The molecule has 1 aliphatic heterocycles. The Balaban J connectivity index is 1.28. The molecular formula is C29H29F2N5O3. The molecule has 0 bridgehead atoms. The highest BCUT2D eigenvalue weighted by atomic mass is 19.1. The summed E-state index contributed by atoms with van der Waals surface area (Å²) in [5.41, 5.74) is 2.46. The zero-order valence-electron chi connectivity index (χ0n) is 21.3. The summed E-state index contributed by atoms with van der Waals surface area (Å²) in [6.07, 6.45) is 1.73. The van der Waals surface area contributed by atoms with Crippen LogP contribution in [0.4, 0.5) is 30.6 Å². The van der Waals surface area contributed by atoms with Gasteiger partial charge in [-0.1, -0.05) is 24.3 Å². The van der Waals surface area contributed by atoms with E-state index in [-0.39, 0.29) is 35.8 Å². The lowest BCUT2D eigenvalue weighted by atomic mass is 10.1. The molecule has 0 aromatic heterocycles. The zero-order chi connectivity index (χ0) is 27.4. The van der Waals surface area contributed by atoms with E-state index >= 15 is 0 Å². The number of amides is 4. The maximum absolute atomic E-state index is 13.9. The standard InChI is InChI=1S/C29H29F2N5O3/c30-21-9-5-19(6-10-21)18-32-28(38)23-17-22(33-27(37)20-7-8-20)11-12-26(23)35-13-15-36(16-14-35)29(39)34-25-4-2-1-3-24(25)31/h1-6,9-12,17,20H,7-8,13-16,18H2,(H,32,38)(H,33,37)(H,34,39). The summed E-state index contributed by atoms with van der Waals surface area (Å²) in [5.74, 6) is -1.24. The van der Waals surface area contributed by atoms with Gasteiger partial charge in [0.05, 0.1) is 11.3 Å². The molecule has 10 heteroatoms. The maximum atomic E-state index is 13.9. The predicted octanol–water partition coefficient (Wildman–Crippen LogP) is 4.60. The minimum absolute atomic E-state index is 0.0176. The summed E-state index contributed by atoms with van der Waals surface area (Å²) < 4.78 is 27.2. The van der Waals surface area contributed by atoms with Gasteiger partial charge < -0.3 is 25.8 Å². The summed E-state index contributed by atoms with van der Waals surface area (Å²) >= 11 is 0. The molecule has 3 N–H and O–H groups in total. The molecule has 8 nitrogen and oxygen atoms in total. The second kappa shape index (κ2) is 11.5. The van der Waals surface area contributed by atoms with Crippen molar-refractivity contribution >= 4 is 34.9 Å². The Morgan fingerprint density at radius 3 is 2.26 bits per heavy atom. The first-order valence-electron chi connectivity index (χ1n) is 12.9. The topological polar surface area (TPSA) is 93.8 Å². The highest BCUT2D eigenvalue weighted by Crippen LogP contribution is 2.31. The van der Waals surface area contributed by atoms with Gasteiger partial charge in [0, 0.05) is 50.0 Å². The van der Waals surface area contributed by atoms with Crippen LogP contribution in [-0.4, -0.2) is 48.9 Å². The maximum Gasteiger partial charge on any atom is 0.322 e. The van der Waals surface area contributed by atoms with Gasteiger partial charge in [0.2, 0.25) is 5.91 Å². The van der Waals surface area contributed by atoms with Crippen molar-refractivity contribution in [1.82, 2.24) is 10.2 Å². The van der Waals surface area contributed by atoms with E-state index in [1.165, 1.54) is 24.3 Å². The number of carbonyl (C=O) groups is 3. The van der Waals surface area contributed by atoms with E-state index in [0.29, 0.717) is 43.1 Å². The fraction of sp³-hybridized carbons (Fsp3) is 0.276. The van der Waals surface area contributed by atoms with Crippen LogP contribution in [0.1, 0.15) is 28.8 Å². The van der Waals surface area contributed by atoms with Crippen molar-refractivity contribution in [1.29, 1.82) is 0 Å². The lowest BCUT2D eigenvalue weighted by molar-refractivity contribution is -0.117. The van der Waals surface area contributed by atoms with Gasteiger partial charge in [-0.2, -0.15) is 0 Å². The number of hydrogen-bond donors (Lipinski definition) is 3. The summed E-state index contributed by atoms with van der Waals surface area (Å²) in [5, 5.41) is 8.37. The lowest BCUT2D eigenvalue weighted by Gasteiger charge is -2.37. The van der Waals surface area contributed by atoms with Crippen molar-refractivity contribution in [2.75, 3.05) is 41.7 Å². The van der Waals surface area contributed by atoms with Gasteiger partial charge in [-0.15, -0.1) is 0 Å². The molecule has 0 atom stereocenters. The van der Waals surface area contributed by atoms with E-state index in [9.17, 15) is 23.2 Å². The van der Waals surface area contributed by atoms with Crippen LogP contribution in [0.3, 0.4) is 0 Å². The summed E-state index contributed by atoms with van der Waals surface area (Å²) in [4.78, 5) is 41.9. The summed E-state index contributed by atoms with van der Waals surface area (Å²) in [7, 11) is 0. The Labute approximate surface area is 225 Å². The van der Waals surface area contributed by atoms with E-state index in [4.69, 9.17) is 0 Å². The number of rotatable bonds is 7. The van der Waals surface area contributed by atoms with Crippen LogP contribution >= 0.6 is 0 Å². The lowest BCUT2D eigenvalue weighted by Crippen LogP contribution is -2.50. The molecule has 1 saturated heterocycles. The molecule has 5 rings (SSSR count). The van der Waals surface area contributed by atoms with Gasteiger partial charge in [0.25, 0.3) is 5.91 Å². The zero-order valence-corrected chi connectivity index (χ0v) is 21.3. The van der Waals surface area contributed by atoms with E-state index in [1.807, 2.05) is 4.90 Å². The van der Waals surface area contributed by atoms with E-state index in [2.05, 4.69) is 16.0 Å². The molecular weight excluding hydrogens is 504 g/mol. The number of urea groups is 1. The van der Waals surface area contributed by atoms with Crippen LogP contribution in [0.2, 0.25) is 0 Å². The van der Waals surface area contributed by atoms with Crippen LogP contribution in [0, 0.1) is 17.6 Å². The minimum atomic E-state index is -0.505. The monoisotopic (exact) mass is 533 g/mol. The van der Waals surface area contributed by atoms with Crippen molar-refractivity contribution in [3.05, 3.63) is 89.5 Å². The smallest absolute Gasteiger partial charge is 0.322 e. The minimum Gasteiger partial charge on any atom is -0.367 e. The third-order valence-corrected chi connectivity index (χ3v) is 6.85. The molecule has 202 valence electrons. The quantitative estimate of drug-likeness (QED) is 0.414. The van der Waals surface area contributed by atoms with Crippen LogP contribution in [0.5, 0.6) is 0 Å². The van der Waals surface area contributed by atoms with Gasteiger partial charge >= 0.3 is 6.03 Å². The normalized spacial score (nSPS) is 15.0. The van der Waals surface area contributed by atoms with Crippen LogP contribution < -0.4 is 20.9 Å². The molecule has 0 unspecified atom stereocenters. The van der Waals surface area contributed by atoms with Crippen molar-refractivity contribution in [2.24, 2.45) is 5.92 Å². The van der Waals surface area contributed by atoms with Crippen LogP contribution in [0.15, 0.2) is 66.7 Å². The first-order chi connectivity index (χ1) is 18.9. The van der Waals surface area contributed by atoms with Crippen molar-refractivity contribution in [3.63, 3.8) is 0 Å². The second-order valence-electron chi connectivity index (χ2n) is 9.69. The molecule has 2 fully saturated rings. The van der Waals surface area contributed by atoms with Crippen molar-refractivity contribution in [2.45, 2.75) is 19.4 Å². The number of nitrogens with zero attached hydrogens (tertiary/aromatic N) is 2. The molecule has 4 amide bonds. The molecule has 3 aromatic rings. The Morgan fingerprint density at radius 1 is 0.846 bits per heavy atom. The van der Waals surface area contributed by atoms with Gasteiger partial charge in [0.1, 0.15) is 11.6 Å². The Hall–Kier alpha value is -4.47. The van der Waals surface area contributed by atoms with Crippen molar-refractivity contribution in [3.8, 4) is 0 Å². The molecule has 1 saturated carbocycles. The number of para-hydroxylation sites is 1. The third kappa shape index (κ3) is 6.51. The van der Waals surface area contributed by atoms with Gasteiger partial charge in [-0.3, -0.25) is 9.59 Å². The summed E-state index contributed by atoms with van der Waals surface area (Å²) in [6.45, 7) is 1.86. The number of hydrogen-bond acceptors (Lipinski definition) is 4. The fourth-order valence-electron chi connectivity index (χ4n) is 4.45. The number of piperazine rings is 1. The highest BCUT2D eigenvalue weighted by Gasteiger charge is 2.30. The molecule has 0 spiro atoms. The first kappa shape index (κ1) is 26.1. The molecule has 2 aliphatic rings. The molecule has 39 heavy (non-hydrogen) atoms. The Bertz CT molecular complexity index is 1370. The SMILES string of the molecule is O=C(NCc1ccc(F)cc1)c1cc(NC(=O)C2CC2)ccc1N1CCN(C(=O)Nc2ccccc2F)CC1. The fourth-order valence-corrected chi connectivity index (χ4v) is 4.45. The highest BCUT2D eigenvalue weighted by molar-refractivity contribution is 6.02. The largest absolute Gasteiger partial charge is 0.367 e. The third-order valence-electron chi connectivity index (χ3n) is 6.85. The average molecular weight is 534 g/mol. The van der Waals surface area contributed by atoms with E-state index < -0.39 is 11.8 Å². The van der Waals surface area contributed by atoms with Crippen LogP contribution in [0.25, 0.3) is 0 Å². The number of anilines is 3. The molecule has 3 aromatic carbocycles.